The van der Waals surface area contributed by atoms with Crippen molar-refractivity contribution in [3.05, 3.63) is 70.9 Å². The molecule has 0 N–H and O–H groups in total. The zero-order chi connectivity index (χ0) is 24.7. The third-order valence-corrected chi connectivity index (χ3v) is 5.65. The van der Waals surface area contributed by atoms with Gasteiger partial charge in [-0.3, -0.25) is 4.79 Å². The maximum absolute atomic E-state index is 12.5. The Morgan fingerprint density at radius 2 is 1.86 bits per heavy atom. The van der Waals surface area contributed by atoms with Crippen LogP contribution in [0.1, 0.15) is 5.56 Å². The number of morpholine rings is 1. The van der Waals surface area contributed by atoms with Gasteiger partial charge in [0.05, 0.1) is 31.9 Å². The molecule has 1 saturated heterocycles. The molecule has 0 bridgehead atoms. The van der Waals surface area contributed by atoms with Gasteiger partial charge in [-0.1, -0.05) is 17.3 Å². The number of aromatic nitrogens is 5. The Balaban J connectivity index is 1.31. The Kier molecular flexibility index (Phi) is 7.29. The van der Waals surface area contributed by atoms with Gasteiger partial charge in [-0.25, -0.2) is 9.97 Å². The molecular weight excluding hydrogens is 464 g/mol. The van der Waals surface area contributed by atoms with Crippen molar-refractivity contribution in [1.29, 1.82) is 0 Å². The molecule has 0 aliphatic carbocycles. The summed E-state index contributed by atoms with van der Waals surface area (Å²) in [6.45, 7) is 4.16. The van der Waals surface area contributed by atoms with E-state index in [0.29, 0.717) is 61.8 Å². The number of benzene rings is 1. The monoisotopic (exact) mass is 490 g/mol. The standard InChI is InChI=1S/C25H26N6O5/c1-33-11-12-35-21-4-2-3-18(13-21)16-31-17-19(5-6-22(31)32)23-28-24(36-29-23)20-14-26-25(27-15-20)30-7-9-34-10-8-30/h2-6,13-15,17H,7-12,16H2,1H3. The molecule has 5 rings (SSSR count). The fourth-order valence-electron chi connectivity index (χ4n) is 3.78. The highest BCUT2D eigenvalue weighted by molar-refractivity contribution is 5.58. The van der Waals surface area contributed by atoms with Crippen LogP contribution in [-0.2, 0) is 16.0 Å². The van der Waals surface area contributed by atoms with E-state index >= 15 is 0 Å². The van der Waals surface area contributed by atoms with Crippen LogP contribution in [0.15, 0.2) is 64.3 Å². The molecule has 186 valence electrons. The van der Waals surface area contributed by atoms with E-state index in [1.54, 1.807) is 36.3 Å². The van der Waals surface area contributed by atoms with Gasteiger partial charge in [0.15, 0.2) is 0 Å². The molecule has 0 radical (unpaired) electrons. The molecule has 1 aliphatic rings. The molecule has 1 aromatic carbocycles. The molecule has 36 heavy (non-hydrogen) atoms. The van der Waals surface area contributed by atoms with E-state index in [-0.39, 0.29) is 5.56 Å². The van der Waals surface area contributed by atoms with Crippen LogP contribution in [0.2, 0.25) is 0 Å². The Labute approximate surface area is 207 Å². The third kappa shape index (κ3) is 5.58. The number of pyridine rings is 1. The molecule has 0 atom stereocenters. The van der Waals surface area contributed by atoms with Crippen LogP contribution in [0.3, 0.4) is 0 Å². The maximum Gasteiger partial charge on any atom is 0.261 e. The van der Waals surface area contributed by atoms with Crippen LogP contribution in [0.5, 0.6) is 5.75 Å². The van der Waals surface area contributed by atoms with E-state index in [1.807, 2.05) is 24.3 Å². The van der Waals surface area contributed by atoms with Gasteiger partial charge in [-0.15, -0.1) is 0 Å². The van der Waals surface area contributed by atoms with Crippen LogP contribution in [0, 0.1) is 0 Å². The number of nitrogens with zero attached hydrogens (tertiary/aromatic N) is 6. The Morgan fingerprint density at radius 1 is 1.03 bits per heavy atom. The lowest BCUT2D eigenvalue weighted by Crippen LogP contribution is -2.37. The minimum Gasteiger partial charge on any atom is -0.491 e. The summed E-state index contributed by atoms with van der Waals surface area (Å²) in [6.07, 6.45) is 5.04. The fourth-order valence-corrected chi connectivity index (χ4v) is 3.78. The number of anilines is 1. The van der Waals surface area contributed by atoms with Crippen LogP contribution < -0.4 is 15.2 Å². The second-order valence-corrected chi connectivity index (χ2v) is 8.17. The van der Waals surface area contributed by atoms with Gasteiger partial charge in [-0.05, 0) is 23.8 Å². The SMILES string of the molecule is COCCOc1cccc(Cn2cc(-c3noc(-c4cnc(N5CCOCC5)nc4)n3)ccc2=O)c1. The molecule has 0 amide bonds. The first-order valence-corrected chi connectivity index (χ1v) is 11.6. The van der Waals surface area contributed by atoms with Crippen LogP contribution >= 0.6 is 0 Å². The molecular formula is C25H26N6O5. The van der Waals surface area contributed by atoms with Gasteiger partial charge in [-0.2, -0.15) is 4.98 Å². The predicted molar refractivity (Wildman–Crippen MR) is 131 cm³/mol. The van der Waals surface area contributed by atoms with Gasteiger partial charge >= 0.3 is 0 Å². The smallest absolute Gasteiger partial charge is 0.261 e. The summed E-state index contributed by atoms with van der Waals surface area (Å²) in [7, 11) is 1.63. The number of methoxy groups -OCH3 is 1. The quantitative estimate of drug-likeness (QED) is 0.323. The van der Waals surface area contributed by atoms with E-state index in [0.717, 1.165) is 24.4 Å². The van der Waals surface area contributed by atoms with Gasteiger partial charge in [0.25, 0.3) is 11.4 Å². The summed E-state index contributed by atoms with van der Waals surface area (Å²) < 4.78 is 23.1. The number of hydrogen-bond donors (Lipinski definition) is 0. The second-order valence-electron chi connectivity index (χ2n) is 8.17. The number of hydrogen-bond acceptors (Lipinski definition) is 10. The minimum atomic E-state index is -0.139. The minimum absolute atomic E-state index is 0.139. The highest BCUT2D eigenvalue weighted by Gasteiger charge is 2.16. The topological polar surface area (TPSA) is 118 Å². The summed E-state index contributed by atoms with van der Waals surface area (Å²) in [4.78, 5) is 27.9. The molecule has 0 saturated carbocycles. The first-order chi connectivity index (χ1) is 17.7. The van der Waals surface area contributed by atoms with Crippen molar-refractivity contribution in [2.24, 2.45) is 0 Å². The second kappa shape index (κ2) is 11.1. The summed E-state index contributed by atoms with van der Waals surface area (Å²) in [5.41, 5.74) is 2.06. The normalized spacial score (nSPS) is 13.6. The van der Waals surface area contributed by atoms with Crippen LogP contribution in [-0.4, -0.2) is 71.3 Å². The molecule has 0 spiro atoms. The molecule has 0 unspecified atom stereocenters. The zero-order valence-corrected chi connectivity index (χ0v) is 19.9. The fraction of sp³-hybridized carbons (Fsp3) is 0.320. The van der Waals surface area contributed by atoms with Crippen LogP contribution in [0.4, 0.5) is 5.95 Å². The van der Waals surface area contributed by atoms with Crippen molar-refractivity contribution >= 4 is 5.95 Å². The first kappa shape index (κ1) is 23.6. The Bertz CT molecular complexity index is 1350. The molecule has 1 fully saturated rings. The van der Waals surface area contributed by atoms with E-state index in [4.69, 9.17) is 18.7 Å². The van der Waals surface area contributed by atoms with E-state index < -0.39 is 0 Å². The van der Waals surface area contributed by atoms with Gasteiger partial charge in [0, 0.05) is 50.4 Å². The third-order valence-electron chi connectivity index (χ3n) is 5.65. The van der Waals surface area contributed by atoms with Gasteiger partial charge < -0.3 is 28.2 Å². The molecule has 11 nitrogen and oxygen atoms in total. The average Bonchev–Trinajstić information content (AvgIpc) is 3.41. The van der Waals surface area contributed by atoms with Crippen LogP contribution in [0.25, 0.3) is 22.8 Å². The lowest BCUT2D eigenvalue weighted by molar-refractivity contribution is 0.122. The first-order valence-electron chi connectivity index (χ1n) is 11.6. The van der Waals surface area contributed by atoms with Crippen molar-refractivity contribution < 1.29 is 18.7 Å². The predicted octanol–water partition coefficient (Wildman–Crippen LogP) is 2.27. The van der Waals surface area contributed by atoms with E-state index in [2.05, 4.69) is 25.0 Å². The molecule has 3 aromatic heterocycles. The number of rotatable bonds is 9. The average molecular weight is 491 g/mol. The number of ether oxygens (including phenoxy) is 3. The maximum atomic E-state index is 12.5. The Morgan fingerprint density at radius 3 is 2.67 bits per heavy atom. The molecule has 4 heterocycles. The van der Waals surface area contributed by atoms with Crippen molar-refractivity contribution in [1.82, 2.24) is 24.7 Å². The lowest BCUT2D eigenvalue weighted by Gasteiger charge is -2.26. The largest absolute Gasteiger partial charge is 0.491 e. The van der Waals surface area contributed by atoms with Crippen molar-refractivity contribution in [2.75, 3.05) is 51.5 Å². The Hall–Kier alpha value is -4.09. The van der Waals surface area contributed by atoms with Crippen molar-refractivity contribution in [2.45, 2.75) is 6.54 Å². The van der Waals surface area contributed by atoms with Crippen molar-refractivity contribution in [3.63, 3.8) is 0 Å². The molecule has 4 aromatic rings. The molecule has 11 heteroatoms. The van der Waals surface area contributed by atoms with Gasteiger partial charge in [0.2, 0.25) is 11.8 Å². The van der Waals surface area contributed by atoms with E-state index in [1.165, 1.54) is 6.07 Å². The summed E-state index contributed by atoms with van der Waals surface area (Å²) >= 11 is 0. The zero-order valence-electron chi connectivity index (χ0n) is 19.9. The highest BCUT2D eigenvalue weighted by atomic mass is 16.5. The summed E-state index contributed by atoms with van der Waals surface area (Å²) in [5.74, 6) is 2.03. The summed E-state index contributed by atoms with van der Waals surface area (Å²) in [6, 6.07) is 10.8. The van der Waals surface area contributed by atoms with Crippen molar-refractivity contribution in [3.8, 4) is 28.6 Å². The van der Waals surface area contributed by atoms with E-state index in [9.17, 15) is 4.79 Å². The molecule has 1 aliphatic heterocycles. The summed E-state index contributed by atoms with van der Waals surface area (Å²) in [5, 5.41) is 4.09. The lowest BCUT2D eigenvalue weighted by atomic mass is 10.2. The highest BCUT2D eigenvalue weighted by Crippen LogP contribution is 2.22. The van der Waals surface area contributed by atoms with Gasteiger partial charge in [0.1, 0.15) is 12.4 Å².